The fourth-order valence-corrected chi connectivity index (χ4v) is 3.35. The molecule has 1 aliphatic rings. The molecule has 0 radical (unpaired) electrons. The Balaban J connectivity index is 1.69. The molecule has 0 saturated heterocycles. The second-order valence-corrected chi connectivity index (χ2v) is 7.09. The molecular formula is C22H20FN3O4. The lowest BCUT2D eigenvalue weighted by Gasteiger charge is -2.16. The third kappa shape index (κ3) is 3.52. The maximum absolute atomic E-state index is 13.1. The van der Waals surface area contributed by atoms with Gasteiger partial charge in [-0.1, -0.05) is 18.2 Å². The van der Waals surface area contributed by atoms with Crippen molar-refractivity contribution in [2.45, 2.75) is 18.4 Å². The minimum absolute atomic E-state index is 0.290. The van der Waals surface area contributed by atoms with Crippen molar-refractivity contribution in [3.63, 3.8) is 0 Å². The molecule has 0 spiro atoms. The highest BCUT2D eigenvalue weighted by Crippen LogP contribution is 2.38. The van der Waals surface area contributed by atoms with Crippen LogP contribution < -0.4 is 10.1 Å². The summed E-state index contributed by atoms with van der Waals surface area (Å²) in [4.78, 5) is 24.9. The van der Waals surface area contributed by atoms with Gasteiger partial charge in [0, 0.05) is 0 Å². The largest absolute Gasteiger partial charge is 0.495 e. The van der Waals surface area contributed by atoms with E-state index in [1.165, 1.54) is 26.4 Å². The fraction of sp³-hybridized carbons (Fsp3) is 0.227. The predicted molar refractivity (Wildman–Crippen MR) is 109 cm³/mol. The van der Waals surface area contributed by atoms with Crippen molar-refractivity contribution in [3.8, 4) is 5.75 Å². The van der Waals surface area contributed by atoms with Gasteiger partial charge in [-0.25, -0.2) is 9.18 Å². The molecule has 1 saturated carbocycles. The van der Waals surface area contributed by atoms with Crippen LogP contribution in [0.25, 0.3) is 23.1 Å². The number of aromatic nitrogens is 2. The van der Waals surface area contributed by atoms with Crippen molar-refractivity contribution >= 4 is 34.9 Å². The maximum atomic E-state index is 13.1. The highest BCUT2D eigenvalue weighted by atomic mass is 19.1. The van der Waals surface area contributed by atoms with Crippen LogP contribution in [0.3, 0.4) is 0 Å². The van der Waals surface area contributed by atoms with Crippen molar-refractivity contribution < 1.29 is 23.5 Å². The summed E-state index contributed by atoms with van der Waals surface area (Å²) in [6.45, 7) is 0. The van der Waals surface area contributed by atoms with Gasteiger partial charge >= 0.3 is 5.97 Å². The van der Waals surface area contributed by atoms with E-state index < -0.39 is 17.4 Å². The van der Waals surface area contributed by atoms with Crippen LogP contribution in [0.1, 0.15) is 34.5 Å². The Morgan fingerprint density at radius 2 is 1.87 bits per heavy atom. The summed E-state index contributed by atoms with van der Waals surface area (Å²) in [5, 5.41) is 10.6. The minimum Gasteiger partial charge on any atom is -0.495 e. The molecule has 7 nitrogen and oxygen atoms in total. The minimum atomic E-state index is -0.965. The van der Waals surface area contributed by atoms with Crippen LogP contribution in [0.2, 0.25) is 0 Å². The molecule has 0 bridgehead atoms. The summed E-state index contributed by atoms with van der Waals surface area (Å²) in [7, 11) is 2.77. The topological polar surface area (TPSA) is 93.3 Å². The molecule has 4 rings (SSSR count). The van der Waals surface area contributed by atoms with Crippen LogP contribution in [0.5, 0.6) is 5.75 Å². The van der Waals surface area contributed by atoms with Gasteiger partial charge in [0.05, 0.1) is 36.4 Å². The smallest absolute Gasteiger partial charge is 0.331 e. The van der Waals surface area contributed by atoms with Crippen molar-refractivity contribution in [3.05, 3.63) is 59.0 Å². The average Bonchev–Trinajstić information content (AvgIpc) is 3.42. The monoisotopic (exact) mass is 409 g/mol. The van der Waals surface area contributed by atoms with Crippen LogP contribution in [0, 0.1) is 5.82 Å². The molecule has 1 heterocycles. The van der Waals surface area contributed by atoms with E-state index in [0.717, 1.165) is 5.56 Å². The lowest BCUT2D eigenvalue weighted by Crippen LogP contribution is -2.43. The Morgan fingerprint density at radius 3 is 2.50 bits per heavy atom. The molecule has 0 unspecified atom stereocenters. The number of aromatic amines is 1. The second-order valence-electron chi connectivity index (χ2n) is 7.09. The Labute approximate surface area is 171 Å². The highest BCUT2D eigenvalue weighted by molar-refractivity contribution is 6.07. The van der Waals surface area contributed by atoms with Gasteiger partial charge in [0.2, 0.25) is 0 Å². The van der Waals surface area contributed by atoms with Crippen LogP contribution in [0.15, 0.2) is 36.4 Å². The van der Waals surface area contributed by atoms with Gasteiger partial charge in [-0.3, -0.25) is 9.89 Å². The normalized spacial score (nSPS) is 14.6. The zero-order valence-electron chi connectivity index (χ0n) is 16.5. The van der Waals surface area contributed by atoms with Crippen molar-refractivity contribution in [1.82, 2.24) is 15.5 Å². The van der Waals surface area contributed by atoms with Crippen molar-refractivity contribution in [2.24, 2.45) is 0 Å². The summed E-state index contributed by atoms with van der Waals surface area (Å²) < 4.78 is 23.4. The number of ether oxygens (including phenoxy) is 2. The first kappa shape index (κ1) is 19.6. The number of H-pyrrole nitrogens is 1. The van der Waals surface area contributed by atoms with Gasteiger partial charge in [0.15, 0.2) is 0 Å². The molecule has 0 atom stereocenters. The SMILES string of the molecule is COC(=O)C1(NC(=O)c2ccc3[nH]nc(/C=C/c4ccc(F)cc4)c3c2OC)CC1. The van der Waals surface area contributed by atoms with Crippen LogP contribution in [-0.2, 0) is 9.53 Å². The van der Waals surface area contributed by atoms with E-state index in [9.17, 15) is 14.0 Å². The van der Waals surface area contributed by atoms with E-state index in [-0.39, 0.29) is 11.4 Å². The molecule has 1 aliphatic carbocycles. The summed E-state index contributed by atoms with van der Waals surface area (Å²) in [6.07, 6.45) is 4.62. The summed E-state index contributed by atoms with van der Waals surface area (Å²) in [5.41, 5.74) is 1.38. The third-order valence-electron chi connectivity index (χ3n) is 5.14. The number of carbonyl (C=O) groups is 2. The van der Waals surface area contributed by atoms with Gasteiger partial charge in [0.1, 0.15) is 17.1 Å². The fourth-order valence-electron chi connectivity index (χ4n) is 3.35. The molecule has 1 aromatic heterocycles. The van der Waals surface area contributed by atoms with Crippen molar-refractivity contribution in [1.29, 1.82) is 0 Å². The number of amides is 1. The van der Waals surface area contributed by atoms with Gasteiger partial charge in [-0.2, -0.15) is 5.10 Å². The number of nitrogens with zero attached hydrogens (tertiary/aromatic N) is 1. The first-order valence-corrected chi connectivity index (χ1v) is 9.37. The first-order chi connectivity index (χ1) is 14.5. The number of benzene rings is 2. The number of fused-ring (bicyclic) bond motifs is 1. The van der Waals surface area contributed by atoms with E-state index in [1.54, 1.807) is 36.4 Å². The number of esters is 1. The zero-order chi connectivity index (χ0) is 21.3. The lowest BCUT2D eigenvalue weighted by molar-refractivity contribution is -0.144. The molecule has 2 N–H and O–H groups in total. The molecule has 1 fully saturated rings. The molecule has 3 aromatic rings. The molecule has 2 aromatic carbocycles. The van der Waals surface area contributed by atoms with Gasteiger partial charge in [-0.05, 0) is 48.7 Å². The number of nitrogens with one attached hydrogen (secondary N) is 2. The molecule has 0 aliphatic heterocycles. The van der Waals surface area contributed by atoms with Gasteiger partial charge < -0.3 is 14.8 Å². The maximum Gasteiger partial charge on any atom is 0.331 e. The van der Waals surface area contributed by atoms with Crippen LogP contribution in [-0.4, -0.2) is 41.8 Å². The highest BCUT2D eigenvalue weighted by Gasteiger charge is 2.52. The molecule has 1 amide bonds. The van der Waals surface area contributed by atoms with Crippen molar-refractivity contribution in [2.75, 3.05) is 14.2 Å². The summed E-state index contributed by atoms with van der Waals surface area (Å²) >= 11 is 0. The van der Waals surface area contributed by atoms with E-state index >= 15 is 0 Å². The summed E-state index contributed by atoms with van der Waals surface area (Å²) in [6, 6.07) is 9.40. The van der Waals surface area contributed by atoms with Gasteiger partial charge in [0.25, 0.3) is 5.91 Å². The lowest BCUT2D eigenvalue weighted by atomic mass is 10.1. The first-order valence-electron chi connectivity index (χ1n) is 9.37. The number of methoxy groups -OCH3 is 2. The average molecular weight is 409 g/mol. The Hall–Kier alpha value is -3.68. The molecule has 8 heteroatoms. The van der Waals surface area contributed by atoms with Crippen LogP contribution >= 0.6 is 0 Å². The van der Waals surface area contributed by atoms with E-state index in [0.29, 0.717) is 35.2 Å². The molecular weight excluding hydrogens is 389 g/mol. The van der Waals surface area contributed by atoms with Crippen LogP contribution in [0.4, 0.5) is 4.39 Å². The number of hydrogen-bond donors (Lipinski definition) is 2. The number of rotatable bonds is 6. The number of carbonyl (C=O) groups excluding carboxylic acids is 2. The molecule has 30 heavy (non-hydrogen) atoms. The number of halogens is 1. The summed E-state index contributed by atoms with van der Waals surface area (Å²) in [5.74, 6) is -0.846. The van der Waals surface area contributed by atoms with E-state index in [2.05, 4.69) is 15.5 Å². The predicted octanol–water partition coefficient (Wildman–Crippen LogP) is 3.32. The Kier molecular flexibility index (Phi) is 4.99. The van der Waals surface area contributed by atoms with E-state index in [1.807, 2.05) is 0 Å². The van der Waals surface area contributed by atoms with E-state index in [4.69, 9.17) is 9.47 Å². The molecule has 154 valence electrons. The standard InChI is InChI=1S/C22H20FN3O4/c1-29-19-15(20(27)24-22(11-12-22)21(28)30-2)8-10-17-18(19)16(25-26-17)9-5-13-3-6-14(23)7-4-13/h3-10H,11-12H2,1-2H3,(H,24,27)(H,25,26)/b9-5+. The number of hydrogen-bond acceptors (Lipinski definition) is 5. The quantitative estimate of drug-likeness (QED) is 0.610. The Bertz CT molecular complexity index is 1150. The zero-order valence-corrected chi connectivity index (χ0v) is 16.5. The van der Waals surface area contributed by atoms with Gasteiger partial charge in [-0.15, -0.1) is 0 Å². The Morgan fingerprint density at radius 1 is 1.13 bits per heavy atom. The second kappa shape index (κ2) is 7.62. The third-order valence-corrected chi connectivity index (χ3v) is 5.14.